The first-order valence-electron chi connectivity index (χ1n) is 26.5. The summed E-state index contributed by atoms with van der Waals surface area (Å²) in [7, 11) is 0. The van der Waals surface area contributed by atoms with Crippen LogP contribution in [0.5, 0.6) is 0 Å². The Morgan fingerprint density at radius 2 is 1.65 bits per heavy atom. The van der Waals surface area contributed by atoms with Crippen LogP contribution < -0.4 is 10.6 Å². The molecule has 2 amide bonds. The zero-order valence-electron chi connectivity index (χ0n) is 41.1. The molecule has 0 aromatic heterocycles. The van der Waals surface area contributed by atoms with E-state index in [1.807, 2.05) is 13.8 Å². The Hall–Kier alpha value is -3.49. The molecule has 2 spiro atoms. The molecular formula is C55H78N2O11. The number of rotatable bonds is 15. The summed E-state index contributed by atoms with van der Waals surface area (Å²) in [6.45, 7) is 16.5. The van der Waals surface area contributed by atoms with Crippen LogP contribution in [0, 0.1) is 52.3 Å². The Labute approximate surface area is 402 Å². The Morgan fingerprint density at radius 1 is 0.926 bits per heavy atom. The molecule has 9 fully saturated rings. The number of esters is 1. The highest BCUT2D eigenvalue weighted by atomic mass is 16.7. The molecule has 68 heavy (non-hydrogen) atoms. The molecule has 374 valence electrons. The Kier molecular flexibility index (Phi) is 12.9. The van der Waals surface area contributed by atoms with Crippen molar-refractivity contribution in [2.45, 2.75) is 191 Å². The summed E-state index contributed by atoms with van der Waals surface area (Å²) in [5.41, 5.74) is 3.03. The Morgan fingerprint density at radius 3 is 2.35 bits per heavy atom. The van der Waals surface area contributed by atoms with E-state index in [9.17, 15) is 29.7 Å². The number of allylic oxidation sites excluding steroid dienone is 4. The molecule has 0 aromatic rings. The van der Waals surface area contributed by atoms with Gasteiger partial charge in [-0.2, -0.15) is 0 Å². The van der Waals surface area contributed by atoms with Crippen molar-refractivity contribution in [1.29, 1.82) is 0 Å². The Balaban J connectivity index is 0.658. The lowest BCUT2D eigenvalue weighted by molar-refractivity contribution is -0.371. The molecule has 5 N–H and O–H groups in total. The van der Waals surface area contributed by atoms with Crippen molar-refractivity contribution in [3.8, 4) is 0 Å². The van der Waals surface area contributed by atoms with Crippen LogP contribution in [-0.4, -0.2) is 107 Å². The zero-order chi connectivity index (χ0) is 47.9. The van der Waals surface area contributed by atoms with Gasteiger partial charge in [0.05, 0.1) is 24.4 Å². The monoisotopic (exact) mass is 943 g/mol. The number of unbranched alkanes of at least 4 members (excludes halogenated alkanes) is 3. The van der Waals surface area contributed by atoms with Crippen molar-refractivity contribution in [3.63, 3.8) is 0 Å². The predicted octanol–water partition coefficient (Wildman–Crippen LogP) is 8.08. The van der Waals surface area contributed by atoms with E-state index in [4.69, 9.17) is 23.7 Å². The van der Waals surface area contributed by atoms with Gasteiger partial charge in [-0.1, -0.05) is 83.9 Å². The summed E-state index contributed by atoms with van der Waals surface area (Å²) in [4.78, 5) is 38.9. The third-order valence-corrected chi connectivity index (χ3v) is 19.4. The number of nitrogens with one attached hydrogen (secondary N) is 2. The molecule has 0 radical (unpaired) electrons. The molecule has 11 aliphatic rings. The molecule has 3 unspecified atom stereocenters. The molecule has 13 nitrogen and oxygen atoms in total. The molecule has 11 rings (SSSR count). The first-order chi connectivity index (χ1) is 32.5. The standard InChI is InChI=1S/C55H78N2O11/c1-30(2)44-46(60)48-55(68-48)53(6)23-21-37-38(29-64-49(37)61)45(53)43-28-54(55,67-43)47(44)66-51(63)57-25-10-8-7-9-24-56-50(62)65-36-26-35(32(4)42(59)27-36)17-14-33-12-11-22-52(5)39(18-19-40(33)52)31(3)13-20-41(58)34-15-16-34/h13-14,17,20,30-31,34,36,39-48,58-60H,4,7-12,15-16,18-19,21-29H2,1-3,5-6H3,(H,56,62)(H,57,63)/b20-13+,33-14+,35-17-/t31-,36+,39?,40?,41?,42-,43+,44+,45+,46+,47+,48-,52+,53-,54+,55+/m0/s1. The molecule has 7 aliphatic carbocycles. The SMILES string of the molecule is C=C1/C(=C\C=C2/CCC[C@@]3(C)C2CCC3[C@@H](C)/C=C/C(O)C2CC2)C[C@@H](OC(=O)NCCCCCCNC(=O)O[C@@H]2[C@H](C(C)C)[C@@H](O)[C@@H]3O[C@@]34[C@@]3(C)CCC5=C(COC5=O)[C@@H]3[C@H]3C[C@@]24O3)C[C@@H]1O. The topological polar surface area (TPSA) is 185 Å². The summed E-state index contributed by atoms with van der Waals surface area (Å²) >= 11 is 0. The second kappa shape index (κ2) is 18.3. The van der Waals surface area contributed by atoms with Crippen LogP contribution in [0.4, 0.5) is 9.59 Å². The maximum absolute atomic E-state index is 13.5. The van der Waals surface area contributed by atoms with Crippen LogP contribution in [-0.2, 0) is 28.5 Å². The van der Waals surface area contributed by atoms with E-state index in [1.54, 1.807) is 0 Å². The van der Waals surface area contributed by atoms with Crippen molar-refractivity contribution < 1.29 is 53.4 Å². The van der Waals surface area contributed by atoms with Crippen molar-refractivity contribution in [2.24, 2.45) is 52.3 Å². The van der Waals surface area contributed by atoms with E-state index < -0.39 is 59.3 Å². The minimum absolute atomic E-state index is 0.00629. The van der Waals surface area contributed by atoms with Gasteiger partial charge < -0.3 is 49.6 Å². The number of cyclic esters (lactones) is 1. The number of aliphatic hydroxyl groups excluding tert-OH is 3. The van der Waals surface area contributed by atoms with Gasteiger partial charge in [0.25, 0.3) is 0 Å². The minimum atomic E-state index is -0.868. The fourth-order valence-corrected chi connectivity index (χ4v) is 15.7. The lowest BCUT2D eigenvalue weighted by Gasteiger charge is -2.71. The average Bonchev–Trinajstić information content (AvgIpc) is 4.20. The second-order valence-corrected chi connectivity index (χ2v) is 23.5. The molecule has 6 saturated carbocycles. The lowest BCUT2D eigenvalue weighted by atomic mass is 9.41. The molecule has 13 heteroatoms. The van der Waals surface area contributed by atoms with Crippen molar-refractivity contribution in [3.05, 3.63) is 58.7 Å². The number of carbonyl (C=O) groups is 3. The maximum atomic E-state index is 13.5. The number of epoxide rings is 1. The summed E-state index contributed by atoms with van der Waals surface area (Å²) in [5, 5.41) is 39.0. The molecule has 3 saturated heterocycles. The molecular weight excluding hydrogens is 865 g/mol. The molecule has 4 aliphatic heterocycles. The number of ether oxygens (including phenoxy) is 5. The van der Waals surface area contributed by atoms with Gasteiger partial charge in [0.1, 0.15) is 36.1 Å². The second-order valence-electron chi connectivity index (χ2n) is 23.5. The summed E-state index contributed by atoms with van der Waals surface area (Å²) in [5.74, 6) is 1.33. The smallest absolute Gasteiger partial charge is 0.407 e. The predicted molar refractivity (Wildman–Crippen MR) is 254 cm³/mol. The minimum Gasteiger partial charge on any atom is -0.458 e. The van der Waals surface area contributed by atoms with Gasteiger partial charge in [0, 0.05) is 55.2 Å². The molecule has 16 atom stereocenters. The van der Waals surface area contributed by atoms with Gasteiger partial charge in [-0.3, -0.25) is 0 Å². The maximum Gasteiger partial charge on any atom is 0.407 e. The van der Waals surface area contributed by atoms with Crippen LogP contribution >= 0.6 is 0 Å². The molecule has 2 bridgehead atoms. The highest BCUT2D eigenvalue weighted by molar-refractivity contribution is 5.92. The van der Waals surface area contributed by atoms with E-state index >= 15 is 0 Å². The summed E-state index contributed by atoms with van der Waals surface area (Å²) in [6.07, 6.45) is 18.1. The third kappa shape index (κ3) is 7.95. The normalized spacial score (nSPS) is 43.2. The zero-order valence-corrected chi connectivity index (χ0v) is 41.1. The van der Waals surface area contributed by atoms with Gasteiger partial charge >= 0.3 is 18.2 Å². The first kappa shape index (κ1) is 48.2. The van der Waals surface area contributed by atoms with Crippen LogP contribution in [0.3, 0.4) is 0 Å². The quantitative estimate of drug-likeness (QED) is 0.0352. The first-order valence-corrected chi connectivity index (χ1v) is 26.5. The molecule has 0 aromatic carbocycles. The lowest BCUT2D eigenvalue weighted by Crippen LogP contribution is -2.84. The largest absolute Gasteiger partial charge is 0.458 e. The van der Waals surface area contributed by atoms with E-state index in [2.05, 4.69) is 62.3 Å². The highest BCUT2D eigenvalue weighted by Gasteiger charge is 2.92. The van der Waals surface area contributed by atoms with Crippen molar-refractivity contribution in [1.82, 2.24) is 10.6 Å². The number of fused-ring (bicyclic) bond motifs is 1. The van der Waals surface area contributed by atoms with Crippen LogP contribution in [0.15, 0.2) is 58.7 Å². The van der Waals surface area contributed by atoms with Gasteiger partial charge in [-0.25, -0.2) is 14.4 Å². The van der Waals surface area contributed by atoms with Crippen LogP contribution in [0.25, 0.3) is 0 Å². The number of alkyl carbamates (subject to hydrolysis) is 2. The number of aliphatic hydroxyl groups is 3. The van der Waals surface area contributed by atoms with E-state index in [0.717, 1.165) is 68.1 Å². The van der Waals surface area contributed by atoms with E-state index in [1.165, 1.54) is 24.8 Å². The van der Waals surface area contributed by atoms with Crippen LogP contribution in [0.2, 0.25) is 0 Å². The van der Waals surface area contributed by atoms with Gasteiger partial charge in [-0.05, 0) is 122 Å². The van der Waals surface area contributed by atoms with E-state index in [-0.39, 0.29) is 48.0 Å². The number of carbonyl (C=O) groups excluding carboxylic acids is 3. The van der Waals surface area contributed by atoms with Crippen LogP contribution in [0.1, 0.15) is 137 Å². The summed E-state index contributed by atoms with van der Waals surface area (Å²) in [6, 6.07) is 0. The van der Waals surface area contributed by atoms with Gasteiger partial charge in [-0.15, -0.1) is 0 Å². The fraction of sp³-hybridized carbons (Fsp3) is 0.764. The van der Waals surface area contributed by atoms with Gasteiger partial charge in [0.15, 0.2) is 0 Å². The molecule has 4 heterocycles. The van der Waals surface area contributed by atoms with Gasteiger partial charge in [0.2, 0.25) is 0 Å². The van der Waals surface area contributed by atoms with E-state index in [0.29, 0.717) is 74.4 Å². The summed E-state index contributed by atoms with van der Waals surface area (Å²) < 4.78 is 31.1. The highest BCUT2D eigenvalue weighted by Crippen LogP contribution is 2.79. The number of hydrogen-bond donors (Lipinski definition) is 5. The average molecular weight is 943 g/mol. The van der Waals surface area contributed by atoms with Crippen molar-refractivity contribution in [2.75, 3.05) is 19.7 Å². The Bertz CT molecular complexity index is 2140. The number of amides is 2. The number of hydrogen-bond acceptors (Lipinski definition) is 11. The van der Waals surface area contributed by atoms with Crippen molar-refractivity contribution >= 4 is 18.2 Å². The third-order valence-electron chi connectivity index (χ3n) is 19.4. The fourth-order valence-electron chi connectivity index (χ4n) is 15.7.